The lowest BCUT2D eigenvalue weighted by atomic mass is 9.73. The maximum atomic E-state index is 11.8. The lowest BCUT2D eigenvalue weighted by Crippen LogP contribution is -2.23. The second kappa shape index (κ2) is 16.4. The molecule has 0 radical (unpaired) electrons. The molecule has 0 aliphatic rings. The SMILES string of the molecule is CCCCCCCCCCCCCCCCCCc1c(C(C)(C)C)cc(C(=O)O)c(O)c1C(C)(C)C. The Kier molecular flexibility index (Phi) is 14.8. The van der Waals surface area contributed by atoms with Crippen LogP contribution in [-0.2, 0) is 17.3 Å². The van der Waals surface area contributed by atoms with Crippen molar-refractivity contribution in [2.45, 2.75) is 168 Å². The molecule has 0 unspecified atom stereocenters. The van der Waals surface area contributed by atoms with E-state index in [0.29, 0.717) is 0 Å². The van der Waals surface area contributed by atoms with Crippen LogP contribution in [0, 0.1) is 0 Å². The average Bonchev–Trinajstić information content (AvgIpc) is 2.76. The van der Waals surface area contributed by atoms with E-state index in [1.54, 1.807) is 6.07 Å². The van der Waals surface area contributed by atoms with E-state index in [4.69, 9.17) is 0 Å². The largest absolute Gasteiger partial charge is 0.507 e. The Balaban J connectivity index is 2.45. The minimum Gasteiger partial charge on any atom is -0.507 e. The summed E-state index contributed by atoms with van der Waals surface area (Å²) in [4.78, 5) is 11.8. The number of phenols is 1. The molecule has 0 saturated heterocycles. The average molecular weight is 503 g/mol. The van der Waals surface area contributed by atoms with Crippen molar-refractivity contribution in [2.75, 3.05) is 0 Å². The summed E-state index contributed by atoms with van der Waals surface area (Å²) in [7, 11) is 0. The zero-order valence-corrected chi connectivity index (χ0v) is 24.9. The molecule has 0 fully saturated rings. The number of carboxylic acid groups (broad SMARTS) is 1. The van der Waals surface area contributed by atoms with Crippen LogP contribution in [0.1, 0.15) is 178 Å². The fourth-order valence-corrected chi connectivity index (χ4v) is 5.46. The topological polar surface area (TPSA) is 57.5 Å². The molecule has 0 aliphatic heterocycles. The summed E-state index contributed by atoms with van der Waals surface area (Å²) in [5.41, 5.74) is 2.56. The van der Waals surface area contributed by atoms with Crippen molar-refractivity contribution in [1.29, 1.82) is 0 Å². The molecule has 2 N–H and O–H groups in total. The summed E-state index contributed by atoms with van der Waals surface area (Å²) >= 11 is 0. The van der Waals surface area contributed by atoms with E-state index >= 15 is 0 Å². The quantitative estimate of drug-likeness (QED) is 0.196. The molecule has 3 nitrogen and oxygen atoms in total. The molecule has 0 atom stereocenters. The van der Waals surface area contributed by atoms with Gasteiger partial charge in [0.25, 0.3) is 0 Å². The van der Waals surface area contributed by atoms with Crippen LogP contribution in [0.15, 0.2) is 6.07 Å². The molecule has 0 spiro atoms. The van der Waals surface area contributed by atoms with Gasteiger partial charge >= 0.3 is 5.97 Å². The Hall–Kier alpha value is -1.51. The maximum absolute atomic E-state index is 11.8. The van der Waals surface area contributed by atoms with Crippen molar-refractivity contribution in [1.82, 2.24) is 0 Å². The van der Waals surface area contributed by atoms with Gasteiger partial charge in [-0.2, -0.15) is 0 Å². The van der Waals surface area contributed by atoms with E-state index in [-0.39, 0.29) is 22.1 Å². The van der Waals surface area contributed by atoms with Gasteiger partial charge in [-0.05, 0) is 40.9 Å². The van der Waals surface area contributed by atoms with Crippen molar-refractivity contribution in [3.05, 3.63) is 28.3 Å². The van der Waals surface area contributed by atoms with Crippen molar-refractivity contribution < 1.29 is 15.0 Å². The maximum Gasteiger partial charge on any atom is 0.339 e. The predicted molar refractivity (Wildman–Crippen MR) is 156 cm³/mol. The molecule has 1 aromatic carbocycles. The third kappa shape index (κ3) is 11.7. The predicted octanol–water partition coefficient (Wildman–Crippen LogP) is 10.5. The summed E-state index contributed by atoms with van der Waals surface area (Å²) in [6.07, 6.45) is 22.5. The molecule has 3 heteroatoms. The van der Waals surface area contributed by atoms with Gasteiger partial charge < -0.3 is 10.2 Å². The third-order valence-electron chi connectivity index (χ3n) is 7.48. The van der Waals surface area contributed by atoms with Crippen molar-refractivity contribution in [3.63, 3.8) is 0 Å². The molecule has 0 heterocycles. The first kappa shape index (κ1) is 32.5. The Morgan fingerprint density at radius 2 is 1.06 bits per heavy atom. The first-order chi connectivity index (χ1) is 16.9. The van der Waals surface area contributed by atoms with Crippen LogP contribution in [-0.4, -0.2) is 16.2 Å². The van der Waals surface area contributed by atoms with Crippen LogP contribution in [0.2, 0.25) is 0 Å². The number of carbonyl (C=O) groups is 1. The number of aromatic carboxylic acids is 1. The number of hydrogen-bond acceptors (Lipinski definition) is 2. The van der Waals surface area contributed by atoms with Gasteiger partial charge in [0.1, 0.15) is 11.3 Å². The molecular weight excluding hydrogens is 444 g/mol. The van der Waals surface area contributed by atoms with Crippen LogP contribution in [0.3, 0.4) is 0 Å². The van der Waals surface area contributed by atoms with E-state index in [9.17, 15) is 15.0 Å². The normalized spacial score (nSPS) is 12.3. The van der Waals surface area contributed by atoms with Gasteiger partial charge in [-0.1, -0.05) is 145 Å². The molecule has 0 aromatic heterocycles. The fraction of sp³-hybridized carbons (Fsp3) is 0.788. The molecule has 36 heavy (non-hydrogen) atoms. The highest BCUT2D eigenvalue weighted by atomic mass is 16.4. The van der Waals surface area contributed by atoms with Crippen LogP contribution < -0.4 is 0 Å². The standard InChI is InChI=1S/C33H58O3/c1-8-9-10-11-12-13-14-15-16-17-18-19-20-21-22-23-24-26-28(32(2,3)4)25-27(31(35)36)30(34)29(26)33(5,6)7/h25,34H,8-24H2,1-7H3,(H,35,36). The zero-order chi connectivity index (χ0) is 27.2. The second-order valence-corrected chi connectivity index (χ2v) is 13.0. The number of hydrogen-bond donors (Lipinski definition) is 2. The van der Waals surface area contributed by atoms with Crippen molar-refractivity contribution in [3.8, 4) is 5.75 Å². The number of rotatable bonds is 18. The summed E-state index contributed by atoms with van der Waals surface area (Å²) in [6.45, 7) is 14.9. The zero-order valence-electron chi connectivity index (χ0n) is 24.9. The summed E-state index contributed by atoms with van der Waals surface area (Å²) in [5.74, 6) is -1.10. The summed E-state index contributed by atoms with van der Waals surface area (Å²) < 4.78 is 0. The Morgan fingerprint density at radius 1 is 0.667 bits per heavy atom. The van der Waals surface area contributed by atoms with Gasteiger partial charge in [-0.15, -0.1) is 0 Å². The minimum atomic E-state index is -1.06. The third-order valence-corrected chi connectivity index (χ3v) is 7.48. The van der Waals surface area contributed by atoms with E-state index in [0.717, 1.165) is 29.5 Å². The number of benzene rings is 1. The highest BCUT2D eigenvalue weighted by Crippen LogP contribution is 2.42. The van der Waals surface area contributed by atoms with E-state index in [1.807, 2.05) is 0 Å². The first-order valence-corrected chi connectivity index (χ1v) is 15.0. The number of carboxylic acids is 1. The summed E-state index contributed by atoms with van der Waals surface area (Å²) in [6, 6.07) is 1.72. The van der Waals surface area contributed by atoms with Gasteiger partial charge in [0.15, 0.2) is 0 Å². The van der Waals surface area contributed by atoms with Gasteiger partial charge in [0, 0.05) is 5.56 Å². The molecule has 0 saturated carbocycles. The van der Waals surface area contributed by atoms with Crippen LogP contribution >= 0.6 is 0 Å². The van der Waals surface area contributed by atoms with Gasteiger partial charge in [0.05, 0.1) is 0 Å². The molecule has 0 bridgehead atoms. The van der Waals surface area contributed by atoms with Crippen LogP contribution in [0.4, 0.5) is 0 Å². The van der Waals surface area contributed by atoms with E-state index in [1.165, 1.54) is 96.3 Å². The van der Waals surface area contributed by atoms with Gasteiger partial charge in [0.2, 0.25) is 0 Å². The molecule has 1 rings (SSSR count). The Morgan fingerprint density at radius 3 is 1.39 bits per heavy atom. The van der Waals surface area contributed by atoms with Gasteiger partial charge in [-0.3, -0.25) is 0 Å². The second-order valence-electron chi connectivity index (χ2n) is 13.0. The fourth-order valence-electron chi connectivity index (χ4n) is 5.46. The lowest BCUT2D eigenvalue weighted by Gasteiger charge is -2.32. The molecular formula is C33H58O3. The van der Waals surface area contributed by atoms with Crippen molar-refractivity contribution >= 4 is 5.97 Å². The monoisotopic (exact) mass is 502 g/mol. The highest BCUT2D eigenvalue weighted by Gasteiger charge is 2.31. The Bertz CT molecular complexity index is 765. The smallest absolute Gasteiger partial charge is 0.339 e. The van der Waals surface area contributed by atoms with Crippen LogP contribution in [0.5, 0.6) is 5.75 Å². The molecule has 0 amide bonds. The highest BCUT2D eigenvalue weighted by molar-refractivity contribution is 5.92. The van der Waals surface area contributed by atoms with E-state index < -0.39 is 5.97 Å². The summed E-state index contributed by atoms with van der Waals surface area (Å²) in [5, 5.41) is 20.6. The molecule has 208 valence electrons. The van der Waals surface area contributed by atoms with Crippen molar-refractivity contribution in [2.24, 2.45) is 0 Å². The number of aromatic hydroxyl groups is 1. The number of unbranched alkanes of at least 4 members (excludes halogenated alkanes) is 15. The van der Waals surface area contributed by atoms with E-state index in [2.05, 4.69) is 48.5 Å². The Labute approximate surface area is 223 Å². The lowest BCUT2D eigenvalue weighted by molar-refractivity contribution is 0.0693. The minimum absolute atomic E-state index is 0.0283. The molecule has 1 aromatic rings. The first-order valence-electron chi connectivity index (χ1n) is 15.0. The molecule has 0 aliphatic carbocycles. The van der Waals surface area contributed by atoms with Gasteiger partial charge in [-0.25, -0.2) is 4.79 Å². The van der Waals surface area contributed by atoms with Crippen LogP contribution in [0.25, 0.3) is 0 Å².